The van der Waals surface area contributed by atoms with Crippen LogP contribution in [0.4, 0.5) is 0 Å². The van der Waals surface area contributed by atoms with Gasteiger partial charge in [0.1, 0.15) is 5.82 Å². The number of halogens is 1. The highest BCUT2D eigenvalue weighted by Crippen LogP contribution is 2.24. The van der Waals surface area contributed by atoms with Gasteiger partial charge in [-0.2, -0.15) is 0 Å². The van der Waals surface area contributed by atoms with Crippen LogP contribution in [0, 0.1) is 0 Å². The number of nitrogens with zero attached hydrogens (tertiary/aromatic N) is 3. The van der Waals surface area contributed by atoms with E-state index in [0.29, 0.717) is 5.82 Å². The molecule has 2 N–H and O–H groups in total. The van der Waals surface area contributed by atoms with Gasteiger partial charge in [0.05, 0.1) is 22.2 Å². The Balaban J connectivity index is 2.29. The first-order chi connectivity index (χ1) is 12.0. The van der Waals surface area contributed by atoms with E-state index in [1.165, 1.54) is 23.2 Å². The zero-order valence-electron chi connectivity index (χ0n) is 15.0. The Bertz CT molecular complexity index is 914. The zero-order chi connectivity index (χ0) is 19.6. The summed E-state index contributed by atoms with van der Waals surface area (Å²) in [6.07, 6.45) is 1.43. The fourth-order valence-corrected chi connectivity index (χ4v) is 3.00. The lowest BCUT2D eigenvalue weighted by atomic mass is 10.1. The predicted octanol–water partition coefficient (Wildman–Crippen LogP) is 2.73. The molecule has 1 atom stereocenters. The van der Waals surface area contributed by atoms with Gasteiger partial charge in [-0.15, -0.1) is 0 Å². The largest absolute Gasteiger partial charge is 0.334 e. The van der Waals surface area contributed by atoms with Gasteiger partial charge in [0, 0.05) is 13.0 Å². The maximum atomic E-state index is 12.8. The lowest BCUT2D eigenvalue weighted by molar-refractivity contribution is 0.0736. The molecule has 0 radical (unpaired) electrons. The maximum Gasteiger partial charge on any atom is 0.274 e. The number of benzene rings is 1. The van der Waals surface area contributed by atoms with E-state index < -0.39 is 10.0 Å². The maximum absolute atomic E-state index is 12.8. The zero-order valence-corrected chi connectivity index (χ0v) is 16.5. The number of carbonyl (C=O) groups is 1. The molecule has 1 heterocycles. The second-order valence-electron chi connectivity index (χ2n) is 6.29. The molecule has 1 amide bonds. The van der Waals surface area contributed by atoms with Crippen LogP contribution in [0.15, 0.2) is 35.4 Å². The van der Waals surface area contributed by atoms with Gasteiger partial charge in [-0.05, 0) is 24.6 Å². The quantitative estimate of drug-likeness (QED) is 0.836. The van der Waals surface area contributed by atoms with E-state index in [4.69, 9.17) is 16.7 Å². The highest BCUT2D eigenvalue weighted by atomic mass is 35.5. The van der Waals surface area contributed by atoms with Crippen molar-refractivity contribution in [2.75, 3.05) is 7.05 Å². The minimum absolute atomic E-state index is 0.0165. The normalized spacial score (nSPS) is 12.9. The van der Waals surface area contributed by atoms with Gasteiger partial charge < -0.3 is 4.90 Å². The summed E-state index contributed by atoms with van der Waals surface area (Å²) in [5.41, 5.74) is 0.892. The fourth-order valence-electron chi connectivity index (χ4n) is 2.31. The molecule has 1 unspecified atom stereocenters. The molecule has 7 nitrogen and oxygen atoms in total. The number of aromatic nitrogens is 2. The molecule has 26 heavy (non-hydrogen) atoms. The van der Waals surface area contributed by atoms with Crippen molar-refractivity contribution in [3.8, 4) is 0 Å². The van der Waals surface area contributed by atoms with Crippen LogP contribution in [0.1, 0.15) is 54.6 Å². The molecule has 0 bridgehead atoms. The highest BCUT2D eigenvalue weighted by molar-refractivity contribution is 7.89. The van der Waals surface area contributed by atoms with Gasteiger partial charge in [-0.3, -0.25) is 4.79 Å². The van der Waals surface area contributed by atoms with Gasteiger partial charge in [0.15, 0.2) is 5.69 Å². The summed E-state index contributed by atoms with van der Waals surface area (Å²) in [7, 11) is -2.13. The first-order valence-electron chi connectivity index (χ1n) is 7.94. The van der Waals surface area contributed by atoms with Crippen molar-refractivity contribution < 1.29 is 13.2 Å². The molecule has 0 spiro atoms. The summed E-state index contributed by atoms with van der Waals surface area (Å²) in [6, 6.07) is 5.73. The van der Waals surface area contributed by atoms with Crippen LogP contribution in [0.25, 0.3) is 0 Å². The second kappa shape index (κ2) is 7.69. The van der Waals surface area contributed by atoms with Crippen molar-refractivity contribution in [3.63, 3.8) is 0 Å². The third kappa shape index (κ3) is 4.38. The fraction of sp³-hybridized carbons (Fsp3) is 0.353. The van der Waals surface area contributed by atoms with Crippen LogP contribution in [0.5, 0.6) is 0 Å². The number of primary sulfonamides is 1. The van der Waals surface area contributed by atoms with E-state index in [1.54, 1.807) is 19.2 Å². The van der Waals surface area contributed by atoms with Gasteiger partial charge in [0.2, 0.25) is 10.0 Å². The minimum Gasteiger partial charge on any atom is -0.334 e. The van der Waals surface area contributed by atoms with Crippen molar-refractivity contribution in [1.29, 1.82) is 0 Å². The summed E-state index contributed by atoms with van der Waals surface area (Å²) in [6.45, 7) is 5.68. The molecule has 0 aliphatic rings. The van der Waals surface area contributed by atoms with Crippen molar-refractivity contribution in [2.45, 2.75) is 37.6 Å². The summed E-state index contributed by atoms with van der Waals surface area (Å²) < 4.78 is 22.7. The molecule has 2 aromatic rings. The molecule has 2 rings (SSSR count). The van der Waals surface area contributed by atoms with Crippen molar-refractivity contribution in [3.05, 3.63) is 52.6 Å². The Morgan fingerprint density at radius 2 is 1.77 bits per heavy atom. The number of sulfonamides is 1. The SMILES string of the molecule is CC(C)c1ncc(Cl)c(C(=O)N(C)C(C)c2ccc(S(N)(=O)=O)cc2)n1. The van der Waals surface area contributed by atoms with E-state index in [0.717, 1.165) is 5.56 Å². The monoisotopic (exact) mass is 396 g/mol. The lowest BCUT2D eigenvalue weighted by Gasteiger charge is -2.25. The van der Waals surface area contributed by atoms with E-state index in [-0.39, 0.29) is 33.5 Å². The molecule has 0 saturated heterocycles. The summed E-state index contributed by atoms with van der Waals surface area (Å²) in [4.78, 5) is 22.7. The standard InChI is InChI=1S/C17H21ClN4O3S/c1-10(2)16-20-9-14(18)15(21-16)17(23)22(4)11(3)12-5-7-13(8-6-12)26(19,24)25/h5-11H,1-4H3,(H2,19,24,25). The molecular weight excluding hydrogens is 376 g/mol. The number of carbonyl (C=O) groups excluding carboxylic acids is 1. The number of hydrogen-bond donors (Lipinski definition) is 1. The van der Waals surface area contributed by atoms with Crippen molar-refractivity contribution in [2.24, 2.45) is 5.14 Å². The molecule has 0 aliphatic heterocycles. The smallest absolute Gasteiger partial charge is 0.274 e. The molecule has 1 aromatic carbocycles. The second-order valence-corrected chi connectivity index (χ2v) is 8.25. The van der Waals surface area contributed by atoms with Crippen molar-refractivity contribution in [1.82, 2.24) is 14.9 Å². The summed E-state index contributed by atoms with van der Waals surface area (Å²) in [5.74, 6) is 0.255. The van der Waals surface area contributed by atoms with Crippen LogP contribution in [0.2, 0.25) is 5.02 Å². The van der Waals surface area contributed by atoms with Crippen LogP contribution in [0.3, 0.4) is 0 Å². The number of nitrogens with two attached hydrogens (primary N) is 1. The first-order valence-corrected chi connectivity index (χ1v) is 9.87. The molecule has 1 aromatic heterocycles. The van der Waals surface area contributed by atoms with Gasteiger partial charge in [0.25, 0.3) is 5.91 Å². The molecule has 0 saturated carbocycles. The van der Waals surface area contributed by atoms with Crippen LogP contribution in [-0.4, -0.2) is 36.2 Å². The number of amides is 1. The van der Waals surface area contributed by atoms with Crippen LogP contribution < -0.4 is 5.14 Å². The Kier molecular flexibility index (Phi) is 6.00. The van der Waals surface area contributed by atoms with Gasteiger partial charge in [-0.25, -0.2) is 23.5 Å². The number of hydrogen-bond acceptors (Lipinski definition) is 5. The molecule has 140 valence electrons. The average Bonchev–Trinajstić information content (AvgIpc) is 2.59. The first kappa shape index (κ1) is 20.3. The summed E-state index contributed by atoms with van der Waals surface area (Å²) >= 11 is 6.11. The van der Waals surface area contributed by atoms with Crippen LogP contribution in [-0.2, 0) is 10.0 Å². The topological polar surface area (TPSA) is 106 Å². The summed E-state index contributed by atoms with van der Waals surface area (Å²) in [5, 5.41) is 5.28. The third-order valence-corrected chi connectivity index (χ3v) is 5.28. The minimum atomic E-state index is -3.76. The van der Waals surface area contributed by atoms with Crippen LogP contribution >= 0.6 is 11.6 Å². The number of rotatable bonds is 5. The van der Waals surface area contributed by atoms with E-state index in [9.17, 15) is 13.2 Å². The third-order valence-electron chi connectivity index (χ3n) is 4.07. The Morgan fingerprint density at radius 3 is 2.27 bits per heavy atom. The van der Waals surface area contributed by atoms with Crippen molar-refractivity contribution >= 4 is 27.5 Å². The van der Waals surface area contributed by atoms with E-state index >= 15 is 0 Å². The van der Waals surface area contributed by atoms with E-state index in [1.807, 2.05) is 20.8 Å². The van der Waals surface area contributed by atoms with Gasteiger partial charge >= 0.3 is 0 Å². The van der Waals surface area contributed by atoms with Gasteiger partial charge in [-0.1, -0.05) is 37.6 Å². The molecule has 0 aliphatic carbocycles. The molecule has 0 fully saturated rings. The Morgan fingerprint density at radius 1 is 1.19 bits per heavy atom. The highest BCUT2D eigenvalue weighted by Gasteiger charge is 2.23. The Hall–Kier alpha value is -2.03. The van der Waals surface area contributed by atoms with E-state index in [2.05, 4.69) is 9.97 Å². The lowest BCUT2D eigenvalue weighted by Crippen LogP contribution is -2.31. The average molecular weight is 397 g/mol. The predicted molar refractivity (Wildman–Crippen MR) is 99.5 cm³/mol. The molecular formula is C17H21ClN4O3S. The molecule has 9 heteroatoms. The Labute approximate surface area is 158 Å².